The zero-order valence-corrected chi connectivity index (χ0v) is 21.4. The van der Waals surface area contributed by atoms with Crippen molar-refractivity contribution < 1.29 is 32.9 Å². The summed E-state index contributed by atoms with van der Waals surface area (Å²) in [4.78, 5) is 34.0. The second-order valence-electron chi connectivity index (χ2n) is 9.26. The van der Waals surface area contributed by atoms with Gasteiger partial charge in [0, 0.05) is 5.56 Å². The van der Waals surface area contributed by atoms with Crippen LogP contribution in [0.25, 0.3) is 10.2 Å². The normalized spacial score (nSPS) is 23.1. The molecule has 3 aromatic rings. The molecule has 0 bridgehead atoms. The monoisotopic (exact) mass is 524 g/mol. The zero-order chi connectivity index (χ0) is 25.8. The fraction of sp³-hybridized carbons (Fsp3) is 0.370. The molecule has 1 fully saturated rings. The van der Waals surface area contributed by atoms with E-state index in [1.807, 2.05) is 0 Å². The molecule has 3 aliphatic rings. The smallest absolute Gasteiger partial charge is 0.296 e. The molecule has 10 heteroatoms. The molecule has 37 heavy (non-hydrogen) atoms. The first-order chi connectivity index (χ1) is 18.0. The number of carbonyl (C=O) groups excluding carboxylic acids is 2. The summed E-state index contributed by atoms with van der Waals surface area (Å²) in [7, 11) is 4.51. The summed E-state index contributed by atoms with van der Waals surface area (Å²) < 4.78 is 37.6. The predicted octanol–water partition coefficient (Wildman–Crippen LogP) is 4.96. The number of rotatable bonds is 5. The van der Waals surface area contributed by atoms with Gasteiger partial charge in [0.1, 0.15) is 18.0 Å². The minimum atomic E-state index is -0.863. The number of methoxy groups -OCH3 is 3. The van der Waals surface area contributed by atoms with Gasteiger partial charge in [0.05, 0.1) is 43.0 Å². The van der Waals surface area contributed by atoms with Crippen molar-refractivity contribution in [1.82, 2.24) is 4.98 Å². The number of thiazole rings is 1. The molecule has 1 aromatic heterocycles. The van der Waals surface area contributed by atoms with Crippen LogP contribution in [-0.2, 0) is 14.3 Å². The molecule has 192 valence electrons. The van der Waals surface area contributed by atoms with Gasteiger partial charge < -0.3 is 18.9 Å². The first-order valence-corrected chi connectivity index (χ1v) is 12.9. The van der Waals surface area contributed by atoms with Crippen LogP contribution in [0.3, 0.4) is 0 Å². The first kappa shape index (κ1) is 23.7. The fourth-order valence-corrected chi connectivity index (χ4v) is 6.68. The van der Waals surface area contributed by atoms with E-state index in [-0.39, 0.29) is 23.6 Å². The van der Waals surface area contributed by atoms with Crippen molar-refractivity contribution in [2.45, 2.75) is 37.8 Å². The van der Waals surface area contributed by atoms with E-state index in [2.05, 4.69) is 4.98 Å². The average Bonchev–Trinajstić information content (AvgIpc) is 3.45. The molecule has 2 aliphatic heterocycles. The Morgan fingerprint density at radius 3 is 2.57 bits per heavy atom. The molecular formula is C27H25FN2O6S. The number of carbonyl (C=O) groups is 2. The van der Waals surface area contributed by atoms with Crippen LogP contribution in [-0.4, -0.2) is 44.1 Å². The molecule has 2 aromatic carbocycles. The van der Waals surface area contributed by atoms with E-state index in [1.165, 1.54) is 49.7 Å². The van der Waals surface area contributed by atoms with E-state index in [4.69, 9.17) is 18.9 Å². The van der Waals surface area contributed by atoms with Gasteiger partial charge in [-0.1, -0.05) is 17.8 Å². The van der Waals surface area contributed by atoms with Crippen molar-refractivity contribution in [2.24, 2.45) is 5.92 Å². The number of aromatic nitrogens is 1. The lowest BCUT2D eigenvalue weighted by molar-refractivity contribution is -0.131. The predicted molar refractivity (Wildman–Crippen MR) is 135 cm³/mol. The van der Waals surface area contributed by atoms with Crippen molar-refractivity contribution in [3.63, 3.8) is 0 Å². The van der Waals surface area contributed by atoms with Gasteiger partial charge in [0.25, 0.3) is 5.91 Å². The topological polar surface area (TPSA) is 87.2 Å². The Balaban J connectivity index is 1.57. The molecule has 3 unspecified atom stereocenters. The molecule has 6 rings (SSSR count). The summed E-state index contributed by atoms with van der Waals surface area (Å²) in [6, 6.07) is 6.89. The van der Waals surface area contributed by atoms with E-state index in [0.29, 0.717) is 50.2 Å². The van der Waals surface area contributed by atoms with E-state index in [9.17, 15) is 14.0 Å². The van der Waals surface area contributed by atoms with Gasteiger partial charge >= 0.3 is 0 Å². The minimum absolute atomic E-state index is 0.0559. The van der Waals surface area contributed by atoms with E-state index >= 15 is 0 Å². The molecule has 8 nitrogen and oxygen atoms in total. The van der Waals surface area contributed by atoms with Crippen molar-refractivity contribution in [3.8, 4) is 17.2 Å². The third-order valence-electron chi connectivity index (χ3n) is 7.34. The third kappa shape index (κ3) is 3.57. The number of Topliss-reactive ketones (excluding diaryl/α,β-unsaturated/α-hetero) is 1. The van der Waals surface area contributed by atoms with E-state index < -0.39 is 17.8 Å². The van der Waals surface area contributed by atoms with Gasteiger partial charge in [-0.25, -0.2) is 9.37 Å². The number of benzene rings is 2. The highest BCUT2D eigenvalue weighted by molar-refractivity contribution is 7.22. The molecule has 3 heterocycles. The van der Waals surface area contributed by atoms with Crippen LogP contribution < -0.4 is 19.1 Å². The molecular weight excluding hydrogens is 499 g/mol. The van der Waals surface area contributed by atoms with Crippen LogP contribution in [0.5, 0.6) is 17.2 Å². The van der Waals surface area contributed by atoms with E-state index in [1.54, 1.807) is 18.2 Å². The number of fused-ring (bicyclic) bond motifs is 2. The maximum Gasteiger partial charge on any atom is 0.296 e. The lowest BCUT2D eigenvalue weighted by atomic mass is 9.77. The van der Waals surface area contributed by atoms with Crippen molar-refractivity contribution in [2.75, 3.05) is 26.2 Å². The molecule has 1 saturated carbocycles. The average molecular weight is 525 g/mol. The number of hydrogen-bond acceptors (Lipinski definition) is 8. The Hall–Kier alpha value is -3.66. The summed E-state index contributed by atoms with van der Waals surface area (Å²) >= 11 is 1.18. The lowest BCUT2D eigenvalue weighted by Crippen LogP contribution is -2.39. The van der Waals surface area contributed by atoms with Gasteiger partial charge in [-0.15, -0.1) is 0 Å². The summed E-state index contributed by atoms with van der Waals surface area (Å²) in [5.74, 6) is -0.0572. The third-order valence-corrected chi connectivity index (χ3v) is 8.36. The van der Waals surface area contributed by atoms with Crippen LogP contribution in [0.1, 0.15) is 37.3 Å². The van der Waals surface area contributed by atoms with Crippen LogP contribution >= 0.6 is 11.3 Å². The first-order valence-electron chi connectivity index (χ1n) is 12.1. The molecule has 0 radical (unpaired) electrons. The molecule has 1 amide bonds. The van der Waals surface area contributed by atoms with Gasteiger partial charge in [-0.2, -0.15) is 0 Å². The zero-order valence-electron chi connectivity index (χ0n) is 20.6. The highest BCUT2D eigenvalue weighted by atomic mass is 32.1. The van der Waals surface area contributed by atoms with Gasteiger partial charge in [-0.05, 0) is 49.6 Å². The Bertz CT molecular complexity index is 1470. The second kappa shape index (κ2) is 9.02. The fourth-order valence-electron chi connectivity index (χ4n) is 5.67. The SMILES string of the molecule is COc1ccc(C2C3=C(OC4CCCCC4C3=O)C(=O)N2c2nc3ccc(F)cc3s2)c(OC)c1OC. The van der Waals surface area contributed by atoms with Gasteiger partial charge in [-0.3, -0.25) is 14.5 Å². The highest BCUT2D eigenvalue weighted by Gasteiger charge is 2.54. The van der Waals surface area contributed by atoms with Crippen molar-refractivity contribution in [1.29, 1.82) is 0 Å². The van der Waals surface area contributed by atoms with E-state index in [0.717, 1.165) is 19.3 Å². The number of ether oxygens (including phenoxy) is 4. The number of anilines is 1. The van der Waals surface area contributed by atoms with Crippen molar-refractivity contribution >= 4 is 38.4 Å². The summed E-state index contributed by atoms with van der Waals surface area (Å²) in [6.45, 7) is 0. The Labute approximate surface area is 216 Å². The molecule has 1 aliphatic carbocycles. The Morgan fingerprint density at radius 2 is 1.81 bits per heavy atom. The van der Waals surface area contributed by atoms with Crippen LogP contribution in [0.4, 0.5) is 9.52 Å². The van der Waals surface area contributed by atoms with Crippen LogP contribution in [0.15, 0.2) is 41.7 Å². The summed E-state index contributed by atoms with van der Waals surface area (Å²) in [5.41, 5.74) is 1.39. The Morgan fingerprint density at radius 1 is 1.03 bits per heavy atom. The quantitative estimate of drug-likeness (QED) is 0.466. The molecule has 0 spiro atoms. The Kier molecular flexibility index (Phi) is 5.78. The summed E-state index contributed by atoms with van der Waals surface area (Å²) in [6.07, 6.45) is 3.01. The van der Waals surface area contributed by atoms with Crippen LogP contribution in [0.2, 0.25) is 0 Å². The largest absolute Gasteiger partial charge is 0.493 e. The number of amides is 1. The summed E-state index contributed by atoms with van der Waals surface area (Å²) in [5, 5.41) is 0.334. The van der Waals surface area contributed by atoms with Gasteiger partial charge in [0.15, 0.2) is 28.2 Å². The number of hydrogen-bond donors (Lipinski definition) is 0. The number of ketones is 1. The lowest BCUT2D eigenvalue weighted by Gasteiger charge is -2.35. The maximum absolute atomic E-state index is 14.0. The second-order valence-corrected chi connectivity index (χ2v) is 10.3. The standard InChI is InChI=1S/C27H25FN2O6S/c1-33-18-11-9-15(23(34-2)24(18)35-3)21-20-22(31)14-6-4-5-7-17(14)36-25(20)26(32)30(21)27-29-16-10-8-13(28)12-19(16)37-27/h8-12,14,17,21H,4-7H2,1-3H3. The molecule has 0 N–H and O–H groups in total. The molecule has 0 saturated heterocycles. The highest BCUT2D eigenvalue weighted by Crippen LogP contribution is 2.53. The maximum atomic E-state index is 14.0. The number of halogens is 1. The minimum Gasteiger partial charge on any atom is -0.493 e. The molecule has 3 atom stereocenters. The van der Waals surface area contributed by atoms with Crippen LogP contribution in [0, 0.1) is 11.7 Å². The van der Waals surface area contributed by atoms with Gasteiger partial charge in [0.2, 0.25) is 5.75 Å². The number of nitrogens with zero attached hydrogens (tertiary/aromatic N) is 2. The van der Waals surface area contributed by atoms with Crippen molar-refractivity contribution in [3.05, 3.63) is 53.0 Å².